The topological polar surface area (TPSA) is 38.1 Å². The van der Waals surface area contributed by atoms with Crippen LogP contribution in [0.15, 0.2) is 60.7 Å². The van der Waals surface area contributed by atoms with E-state index in [4.69, 9.17) is 0 Å². The minimum absolute atomic E-state index is 0.159. The number of nitrogens with zero attached hydrogens (tertiary/aromatic N) is 3. The van der Waals surface area contributed by atoms with Crippen LogP contribution < -0.4 is 0 Å². The molecule has 0 fully saturated rings. The molecular weight excluding hydrogens is 322 g/mol. The fraction of sp³-hybridized carbons (Fsp3) is 0.273. The third kappa shape index (κ3) is 2.92. The molecule has 1 amide bonds. The highest BCUT2D eigenvalue weighted by atomic mass is 16.2. The predicted octanol–water partition coefficient (Wildman–Crippen LogP) is 3.45. The molecule has 3 aromatic rings. The van der Waals surface area contributed by atoms with Crippen LogP contribution in [0.3, 0.4) is 0 Å². The number of carbonyl (C=O) groups is 1. The Bertz CT molecular complexity index is 876. The van der Waals surface area contributed by atoms with Crippen molar-refractivity contribution in [1.82, 2.24) is 14.7 Å². The number of benzene rings is 2. The van der Waals surface area contributed by atoms with E-state index in [0.717, 1.165) is 35.5 Å². The molecule has 132 valence electrons. The highest BCUT2D eigenvalue weighted by Gasteiger charge is 2.31. The third-order valence-corrected chi connectivity index (χ3v) is 5.27. The maximum absolute atomic E-state index is 13.5. The molecule has 0 radical (unpaired) electrons. The van der Waals surface area contributed by atoms with Gasteiger partial charge < -0.3 is 4.90 Å². The van der Waals surface area contributed by atoms with E-state index >= 15 is 0 Å². The summed E-state index contributed by atoms with van der Waals surface area (Å²) in [4.78, 5) is 15.5. The van der Waals surface area contributed by atoms with Gasteiger partial charge in [-0.3, -0.25) is 9.48 Å². The fourth-order valence-corrected chi connectivity index (χ4v) is 3.92. The molecule has 1 aromatic heterocycles. The smallest absolute Gasteiger partial charge is 0.234 e. The van der Waals surface area contributed by atoms with Gasteiger partial charge in [-0.25, -0.2) is 0 Å². The van der Waals surface area contributed by atoms with Crippen LogP contribution in [-0.4, -0.2) is 27.1 Å². The summed E-state index contributed by atoms with van der Waals surface area (Å²) in [6, 6.07) is 20.1. The number of carbonyl (C=O) groups excluding carboxylic acids is 1. The molecule has 0 unspecified atom stereocenters. The van der Waals surface area contributed by atoms with Crippen molar-refractivity contribution in [2.45, 2.75) is 25.8 Å². The van der Waals surface area contributed by atoms with Gasteiger partial charge in [0.05, 0.1) is 23.9 Å². The molecule has 0 aliphatic carbocycles. The van der Waals surface area contributed by atoms with E-state index in [1.807, 2.05) is 84.2 Å². The first kappa shape index (κ1) is 16.6. The van der Waals surface area contributed by atoms with Crippen molar-refractivity contribution in [2.24, 2.45) is 7.05 Å². The van der Waals surface area contributed by atoms with Gasteiger partial charge in [-0.05, 0) is 30.0 Å². The lowest BCUT2D eigenvalue weighted by Gasteiger charge is -2.31. The molecule has 1 aliphatic rings. The Labute approximate surface area is 154 Å². The van der Waals surface area contributed by atoms with Gasteiger partial charge in [0.25, 0.3) is 0 Å². The van der Waals surface area contributed by atoms with Crippen molar-refractivity contribution < 1.29 is 4.79 Å². The van der Waals surface area contributed by atoms with Crippen LogP contribution in [0.2, 0.25) is 0 Å². The lowest BCUT2D eigenvalue weighted by Crippen LogP contribution is -2.39. The van der Waals surface area contributed by atoms with Gasteiger partial charge in [0.1, 0.15) is 0 Å². The van der Waals surface area contributed by atoms with Crippen molar-refractivity contribution in [2.75, 3.05) is 6.54 Å². The molecule has 4 rings (SSSR count). The average molecular weight is 345 g/mol. The van der Waals surface area contributed by atoms with Crippen LogP contribution in [-0.2, 0) is 24.8 Å². The summed E-state index contributed by atoms with van der Waals surface area (Å²) in [6.45, 7) is 3.42. The molecule has 26 heavy (non-hydrogen) atoms. The minimum Gasteiger partial charge on any atom is -0.336 e. The van der Waals surface area contributed by atoms with Crippen molar-refractivity contribution in [3.63, 3.8) is 0 Å². The molecule has 4 heteroatoms. The maximum atomic E-state index is 13.5. The summed E-state index contributed by atoms with van der Waals surface area (Å²) in [5.74, 6) is -0.111. The Balaban J connectivity index is 1.69. The summed E-state index contributed by atoms with van der Waals surface area (Å²) >= 11 is 0. The summed E-state index contributed by atoms with van der Waals surface area (Å²) in [7, 11) is 1.96. The SMILES string of the molecule is Cc1nn(C)c2c1CCN(C(=O)C(c1ccccc1)c1ccccc1)C2. The van der Waals surface area contributed by atoms with Gasteiger partial charge >= 0.3 is 0 Å². The molecule has 1 aliphatic heterocycles. The molecule has 0 atom stereocenters. The summed E-state index contributed by atoms with van der Waals surface area (Å²) in [6.07, 6.45) is 0.872. The van der Waals surface area contributed by atoms with E-state index in [2.05, 4.69) is 5.10 Å². The summed E-state index contributed by atoms with van der Waals surface area (Å²) in [5, 5.41) is 4.53. The van der Waals surface area contributed by atoms with Crippen molar-refractivity contribution in [3.8, 4) is 0 Å². The molecule has 2 heterocycles. The average Bonchev–Trinajstić information content (AvgIpc) is 2.97. The van der Waals surface area contributed by atoms with Gasteiger partial charge in [-0.15, -0.1) is 0 Å². The standard InChI is InChI=1S/C22H23N3O/c1-16-19-13-14-25(15-20(19)24(2)23-16)22(26)21(17-9-5-3-6-10-17)18-11-7-4-8-12-18/h3-12,21H,13-15H2,1-2H3. The number of hydrogen-bond acceptors (Lipinski definition) is 2. The summed E-state index contributed by atoms with van der Waals surface area (Å²) < 4.78 is 1.92. The fourth-order valence-electron chi connectivity index (χ4n) is 3.92. The number of aryl methyl sites for hydroxylation is 2. The second-order valence-electron chi connectivity index (χ2n) is 6.90. The lowest BCUT2D eigenvalue weighted by atomic mass is 9.89. The Morgan fingerprint density at radius 3 is 2.15 bits per heavy atom. The Morgan fingerprint density at radius 2 is 1.58 bits per heavy atom. The minimum atomic E-state index is -0.270. The van der Waals surface area contributed by atoms with Gasteiger partial charge in [-0.1, -0.05) is 60.7 Å². The quantitative estimate of drug-likeness (QED) is 0.729. The Kier molecular flexibility index (Phi) is 4.33. The van der Waals surface area contributed by atoms with Gasteiger partial charge in [0.2, 0.25) is 5.91 Å². The van der Waals surface area contributed by atoms with E-state index in [0.29, 0.717) is 6.54 Å². The second-order valence-corrected chi connectivity index (χ2v) is 6.90. The van der Waals surface area contributed by atoms with Crippen LogP contribution in [0.25, 0.3) is 0 Å². The zero-order valence-electron chi connectivity index (χ0n) is 15.2. The van der Waals surface area contributed by atoms with Crippen LogP contribution in [0.1, 0.15) is 34.0 Å². The molecule has 0 saturated carbocycles. The van der Waals surface area contributed by atoms with Crippen molar-refractivity contribution in [1.29, 1.82) is 0 Å². The number of rotatable bonds is 3. The predicted molar refractivity (Wildman–Crippen MR) is 102 cm³/mol. The first-order valence-corrected chi connectivity index (χ1v) is 9.05. The van der Waals surface area contributed by atoms with E-state index in [1.165, 1.54) is 5.56 Å². The van der Waals surface area contributed by atoms with Gasteiger partial charge in [0, 0.05) is 13.6 Å². The van der Waals surface area contributed by atoms with Crippen LogP contribution >= 0.6 is 0 Å². The molecule has 0 bridgehead atoms. The first-order valence-electron chi connectivity index (χ1n) is 9.05. The van der Waals surface area contributed by atoms with Crippen molar-refractivity contribution >= 4 is 5.91 Å². The molecule has 4 nitrogen and oxygen atoms in total. The Morgan fingerprint density at radius 1 is 1.00 bits per heavy atom. The van der Waals surface area contributed by atoms with E-state index in [9.17, 15) is 4.79 Å². The highest BCUT2D eigenvalue weighted by Crippen LogP contribution is 2.30. The van der Waals surface area contributed by atoms with Crippen LogP contribution in [0.5, 0.6) is 0 Å². The summed E-state index contributed by atoms with van der Waals surface area (Å²) in [5.41, 5.74) is 5.61. The largest absolute Gasteiger partial charge is 0.336 e. The molecule has 0 N–H and O–H groups in total. The van der Waals surface area contributed by atoms with Gasteiger partial charge in [0.15, 0.2) is 0 Å². The third-order valence-electron chi connectivity index (χ3n) is 5.27. The molecular formula is C22H23N3O. The molecule has 2 aromatic carbocycles. The first-order chi connectivity index (χ1) is 12.6. The van der Waals surface area contributed by atoms with Crippen molar-refractivity contribution in [3.05, 3.63) is 88.7 Å². The number of fused-ring (bicyclic) bond motifs is 1. The second kappa shape index (κ2) is 6.79. The normalized spacial score (nSPS) is 13.7. The van der Waals surface area contributed by atoms with E-state index in [-0.39, 0.29) is 11.8 Å². The zero-order chi connectivity index (χ0) is 18.1. The van der Waals surface area contributed by atoms with E-state index in [1.54, 1.807) is 0 Å². The lowest BCUT2D eigenvalue weighted by molar-refractivity contribution is -0.132. The molecule has 0 spiro atoms. The van der Waals surface area contributed by atoms with Crippen LogP contribution in [0, 0.1) is 6.92 Å². The maximum Gasteiger partial charge on any atom is 0.234 e. The monoisotopic (exact) mass is 345 g/mol. The van der Waals surface area contributed by atoms with Gasteiger partial charge in [-0.2, -0.15) is 5.10 Å². The zero-order valence-corrected chi connectivity index (χ0v) is 15.2. The Hall–Kier alpha value is -2.88. The molecule has 0 saturated heterocycles. The number of hydrogen-bond donors (Lipinski definition) is 0. The highest BCUT2D eigenvalue weighted by molar-refractivity contribution is 5.87. The number of aromatic nitrogens is 2. The van der Waals surface area contributed by atoms with E-state index < -0.39 is 0 Å². The number of amides is 1. The van der Waals surface area contributed by atoms with Crippen LogP contribution in [0.4, 0.5) is 0 Å².